The highest BCUT2D eigenvalue weighted by Gasteiger charge is 2.10. The molecular weight excluding hydrogens is 331 g/mol. The molecule has 126 valence electrons. The number of anilines is 3. The van der Waals surface area contributed by atoms with E-state index in [0.29, 0.717) is 11.4 Å². The first-order chi connectivity index (χ1) is 12.0. The summed E-state index contributed by atoms with van der Waals surface area (Å²) >= 11 is 0. The number of amides is 1. The Morgan fingerprint density at radius 3 is 2.28 bits per heavy atom. The predicted molar refractivity (Wildman–Crippen MR) is 88.2 cm³/mol. The molecule has 0 radical (unpaired) electrons. The van der Waals surface area contributed by atoms with E-state index in [9.17, 15) is 18.0 Å². The summed E-state index contributed by atoms with van der Waals surface area (Å²) in [4.78, 5) is 16.1. The van der Waals surface area contributed by atoms with Gasteiger partial charge in [0, 0.05) is 23.6 Å². The molecule has 0 fully saturated rings. The second-order valence-corrected chi connectivity index (χ2v) is 5.14. The third-order valence-electron chi connectivity index (χ3n) is 3.30. The minimum absolute atomic E-state index is 0.0671. The van der Waals surface area contributed by atoms with Gasteiger partial charge in [-0.25, -0.2) is 13.2 Å². The molecule has 1 heterocycles. The van der Waals surface area contributed by atoms with Crippen LogP contribution in [0.1, 0.15) is 10.5 Å². The standard InChI is InChI=1S/C18H12F3N3O/c19-11-1-4-13(5-2-11)24-18(25)17-10-14(7-8-22-17)23-16-6-3-12(20)9-15(16)21/h1-10H,(H,22,23)(H,24,25). The van der Waals surface area contributed by atoms with E-state index in [1.807, 2.05) is 0 Å². The molecule has 0 aliphatic rings. The second-order valence-electron chi connectivity index (χ2n) is 5.14. The molecule has 0 atom stereocenters. The zero-order valence-corrected chi connectivity index (χ0v) is 12.8. The number of pyridine rings is 1. The van der Waals surface area contributed by atoms with E-state index in [0.717, 1.165) is 12.1 Å². The summed E-state index contributed by atoms with van der Waals surface area (Å²) < 4.78 is 39.5. The van der Waals surface area contributed by atoms with Crippen molar-refractivity contribution in [1.82, 2.24) is 4.98 Å². The van der Waals surface area contributed by atoms with E-state index < -0.39 is 23.4 Å². The molecule has 4 nitrogen and oxygen atoms in total. The molecule has 1 amide bonds. The summed E-state index contributed by atoms with van der Waals surface area (Å²) in [7, 11) is 0. The van der Waals surface area contributed by atoms with Gasteiger partial charge in [-0.2, -0.15) is 0 Å². The molecule has 0 saturated carbocycles. The first-order valence-corrected chi connectivity index (χ1v) is 7.26. The van der Waals surface area contributed by atoms with Gasteiger partial charge < -0.3 is 10.6 Å². The van der Waals surface area contributed by atoms with Crippen LogP contribution in [-0.2, 0) is 0 Å². The van der Waals surface area contributed by atoms with Crippen LogP contribution < -0.4 is 10.6 Å². The van der Waals surface area contributed by atoms with Crippen LogP contribution in [0.25, 0.3) is 0 Å². The number of aromatic nitrogens is 1. The molecule has 0 aliphatic heterocycles. The van der Waals surface area contributed by atoms with Crippen molar-refractivity contribution < 1.29 is 18.0 Å². The smallest absolute Gasteiger partial charge is 0.274 e. The number of hydrogen-bond acceptors (Lipinski definition) is 3. The zero-order chi connectivity index (χ0) is 17.8. The molecule has 3 rings (SSSR count). The van der Waals surface area contributed by atoms with Gasteiger partial charge in [-0.05, 0) is 48.5 Å². The monoisotopic (exact) mass is 343 g/mol. The summed E-state index contributed by atoms with van der Waals surface area (Å²) in [6.45, 7) is 0. The Kier molecular flexibility index (Phi) is 4.65. The molecule has 25 heavy (non-hydrogen) atoms. The molecule has 2 aromatic carbocycles. The van der Waals surface area contributed by atoms with Crippen LogP contribution in [-0.4, -0.2) is 10.9 Å². The number of hydrogen-bond donors (Lipinski definition) is 2. The van der Waals surface area contributed by atoms with Gasteiger partial charge in [0.1, 0.15) is 23.1 Å². The Balaban J connectivity index is 1.76. The van der Waals surface area contributed by atoms with Crippen LogP contribution in [0.4, 0.5) is 30.2 Å². The largest absolute Gasteiger partial charge is 0.353 e. The molecule has 7 heteroatoms. The molecule has 0 bridgehead atoms. The Morgan fingerprint density at radius 2 is 1.56 bits per heavy atom. The lowest BCUT2D eigenvalue weighted by atomic mass is 10.2. The van der Waals surface area contributed by atoms with Crippen molar-refractivity contribution in [2.45, 2.75) is 0 Å². The summed E-state index contributed by atoms with van der Waals surface area (Å²) in [5.41, 5.74) is 0.968. The third-order valence-corrected chi connectivity index (χ3v) is 3.30. The van der Waals surface area contributed by atoms with E-state index in [-0.39, 0.29) is 11.4 Å². The average Bonchev–Trinajstić information content (AvgIpc) is 2.60. The lowest BCUT2D eigenvalue weighted by Gasteiger charge is -2.09. The highest BCUT2D eigenvalue weighted by Crippen LogP contribution is 2.21. The van der Waals surface area contributed by atoms with Crippen LogP contribution >= 0.6 is 0 Å². The Morgan fingerprint density at radius 1 is 0.840 bits per heavy atom. The van der Waals surface area contributed by atoms with Crippen LogP contribution in [0, 0.1) is 17.5 Å². The van der Waals surface area contributed by atoms with E-state index in [2.05, 4.69) is 15.6 Å². The van der Waals surface area contributed by atoms with E-state index >= 15 is 0 Å². The second kappa shape index (κ2) is 7.04. The van der Waals surface area contributed by atoms with Crippen molar-refractivity contribution in [2.24, 2.45) is 0 Å². The van der Waals surface area contributed by atoms with Gasteiger partial charge in [0.25, 0.3) is 5.91 Å². The summed E-state index contributed by atoms with van der Waals surface area (Å²) in [5, 5.41) is 5.33. The van der Waals surface area contributed by atoms with Crippen molar-refractivity contribution >= 4 is 23.0 Å². The van der Waals surface area contributed by atoms with E-state index in [1.165, 1.54) is 48.7 Å². The third kappa shape index (κ3) is 4.14. The summed E-state index contributed by atoms with van der Waals surface area (Å²) in [6.07, 6.45) is 1.38. The maximum atomic E-state index is 13.7. The normalized spacial score (nSPS) is 10.4. The first kappa shape index (κ1) is 16.5. The highest BCUT2D eigenvalue weighted by molar-refractivity contribution is 6.03. The molecule has 0 saturated heterocycles. The SMILES string of the molecule is O=C(Nc1ccc(F)cc1)c1cc(Nc2ccc(F)cc2F)ccn1. The van der Waals surface area contributed by atoms with Gasteiger partial charge >= 0.3 is 0 Å². The zero-order valence-electron chi connectivity index (χ0n) is 12.8. The molecule has 0 unspecified atom stereocenters. The van der Waals surface area contributed by atoms with Gasteiger partial charge in [-0.1, -0.05) is 0 Å². The maximum absolute atomic E-state index is 13.7. The van der Waals surface area contributed by atoms with Crippen molar-refractivity contribution in [3.05, 3.63) is 83.9 Å². The van der Waals surface area contributed by atoms with Crippen LogP contribution in [0.15, 0.2) is 60.8 Å². The maximum Gasteiger partial charge on any atom is 0.274 e. The summed E-state index contributed by atoms with van der Waals surface area (Å²) in [5.74, 6) is -2.36. The number of rotatable bonds is 4. The van der Waals surface area contributed by atoms with Crippen LogP contribution in [0.5, 0.6) is 0 Å². The fourth-order valence-electron chi connectivity index (χ4n) is 2.11. The van der Waals surface area contributed by atoms with Gasteiger partial charge in [-0.3, -0.25) is 9.78 Å². The molecule has 3 aromatic rings. The van der Waals surface area contributed by atoms with Crippen LogP contribution in [0.2, 0.25) is 0 Å². The van der Waals surface area contributed by atoms with E-state index in [1.54, 1.807) is 0 Å². The number of nitrogens with one attached hydrogen (secondary N) is 2. The van der Waals surface area contributed by atoms with Crippen molar-refractivity contribution in [3.8, 4) is 0 Å². The van der Waals surface area contributed by atoms with Crippen molar-refractivity contribution in [3.63, 3.8) is 0 Å². The number of halogens is 3. The van der Waals surface area contributed by atoms with Gasteiger partial charge in [0.2, 0.25) is 0 Å². The summed E-state index contributed by atoms with van der Waals surface area (Å²) in [6, 6.07) is 11.4. The van der Waals surface area contributed by atoms with Crippen LogP contribution in [0.3, 0.4) is 0 Å². The Hall–Kier alpha value is -3.35. The fraction of sp³-hybridized carbons (Fsp3) is 0. The van der Waals surface area contributed by atoms with Gasteiger partial charge in [-0.15, -0.1) is 0 Å². The topological polar surface area (TPSA) is 54.0 Å². The fourth-order valence-corrected chi connectivity index (χ4v) is 2.11. The molecule has 0 spiro atoms. The number of nitrogens with zero attached hydrogens (tertiary/aromatic N) is 1. The minimum Gasteiger partial charge on any atom is -0.353 e. The number of benzene rings is 2. The number of carbonyl (C=O) groups is 1. The van der Waals surface area contributed by atoms with Crippen molar-refractivity contribution in [1.29, 1.82) is 0 Å². The Labute approximate surface area is 141 Å². The molecule has 0 aliphatic carbocycles. The lowest BCUT2D eigenvalue weighted by molar-refractivity contribution is 0.102. The quantitative estimate of drug-likeness (QED) is 0.734. The highest BCUT2D eigenvalue weighted by atomic mass is 19.1. The van der Waals surface area contributed by atoms with E-state index in [4.69, 9.17) is 0 Å². The van der Waals surface area contributed by atoms with Crippen molar-refractivity contribution in [2.75, 3.05) is 10.6 Å². The first-order valence-electron chi connectivity index (χ1n) is 7.26. The predicted octanol–water partition coefficient (Wildman–Crippen LogP) is 4.49. The van der Waals surface area contributed by atoms with Gasteiger partial charge in [0.05, 0.1) is 5.69 Å². The number of carbonyl (C=O) groups excluding carboxylic acids is 1. The Bertz CT molecular complexity index is 914. The molecular formula is C18H12F3N3O. The average molecular weight is 343 g/mol. The molecule has 2 N–H and O–H groups in total. The molecule has 1 aromatic heterocycles. The minimum atomic E-state index is -0.755. The lowest BCUT2D eigenvalue weighted by Crippen LogP contribution is -2.13. The van der Waals surface area contributed by atoms with Gasteiger partial charge in [0.15, 0.2) is 0 Å².